The quantitative estimate of drug-likeness (QED) is 0.349. The van der Waals surface area contributed by atoms with Crippen LogP contribution in [0, 0.1) is 5.92 Å². The van der Waals surface area contributed by atoms with Gasteiger partial charge in [0.2, 0.25) is 11.8 Å². The minimum Gasteiger partial charge on any atom is -0.483 e. The van der Waals surface area contributed by atoms with E-state index in [1.807, 2.05) is 18.2 Å². The van der Waals surface area contributed by atoms with E-state index in [1.54, 1.807) is 24.7 Å². The molecule has 2 aromatic rings. The molecule has 3 rings (SSSR count). The molecule has 10 heteroatoms. The average Bonchev–Trinajstić information content (AvgIpc) is 3.36. The van der Waals surface area contributed by atoms with Gasteiger partial charge in [-0.15, -0.1) is 0 Å². The number of pyridine rings is 1. The number of aromatic nitrogens is 3. The average molecular weight is 417 g/mol. The lowest BCUT2D eigenvalue weighted by molar-refractivity contribution is -0.125. The fourth-order valence-corrected chi connectivity index (χ4v) is 3.35. The highest BCUT2D eigenvalue weighted by Gasteiger charge is 2.37. The zero-order valence-electron chi connectivity index (χ0n) is 16.6. The summed E-state index contributed by atoms with van der Waals surface area (Å²) in [7, 11) is 0. The summed E-state index contributed by atoms with van der Waals surface area (Å²) in [5.41, 5.74) is 1.00. The summed E-state index contributed by atoms with van der Waals surface area (Å²) in [6.45, 7) is 0.416. The van der Waals surface area contributed by atoms with Crippen molar-refractivity contribution in [2.45, 2.75) is 44.4 Å². The van der Waals surface area contributed by atoms with Crippen LogP contribution in [0.15, 0.2) is 42.9 Å². The van der Waals surface area contributed by atoms with Crippen LogP contribution < -0.4 is 10.6 Å². The number of hydrogen-bond donors (Lipinski definition) is 4. The van der Waals surface area contributed by atoms with Crippen molar-refractivity contribution < 1.29 is 24.6 Å². The van der Waals surface area contributed by atoms with Gasteiger partial charge in [0.1, 0.15) is 6.54 Å². The lowest BCUT2D eigenvalue weighted by atomic mass is 10.1. The minimum atomic E-state index is -0.712. The van der Waals surface area contributed by atoms with E-state index in [0.29, 0.717) is 19.4 Å². The molecule has 1 saturated carbocycles. The maximum Gasteiger partial charge on any atom is 0.290 e. The molecular formula is C20H27N5O5. The molecule has 0 radical (unpaired) electrons. The summed E-state index contributed by atoms with van der Waals surface area (Å²) in [4.78, 5) is 37.0. The van der Waals surface area contributed by atoms with Crippen LogP contribution in [0.1, 0.15) is 25.0 Å². The van der Waals surface area contributed by atoms with Gasteiger partial charge in [0, 0.05) is 36.7 Å². The van der Waals surface area contributed by atoms with Gasteiger partial charge in [0.05, 0.1) is 12.1 Å². The van der Waals surface area contributed by atoms with Gasteiger partial charge in [-0.25, -0.2) is 0 Å². The fourth-order valence-electron chi connectivity index (χ4n) is 3.35. The van der Waals surface area contributed by atoms with Crippen LogP contribution in [0.4, 0.5) is 0 Å². The number of aliphatic hydroxyl groups is 1. The molecule has 162 valence electrons. The van der Waals surface area contributed by atoms with E-state index in [0.717, 1.165) is 18.5 Å². The van der Waals surface area contributed by atoms with Crippen LogP contribution >= 0.6 is 0 Å². The fraction of sp³-hybridized carbons (Fsp3) is 0.450. The molecule has 4 N–H and O–H groups in total. The number of rotatable bonds is 8. The van der Waals surface area contributed by atoms with Crippen molar-refractivity contribution in [2.24, 2.45) is 5.92 Å². The van der Waals surface area contributed by atoms with Crippen molar-refractivity contribution in [1.29, 1.82) is 0 Å². The van der Waals surface area contributed by atoms with E-state index in [4.69, 9.17) is 9.90 Å². The van der Waals surface area contributed by atoms with Crippen LogP contribution in [0.5, 0.6) is 0 Å². The number of carbonyl (C=O) groups is 3. The van der Waals surface area contributed by atoms with E-state index < -0.39 is 12.1 Å². The highest BCUT2D eigenvalue weighted by Crippen LogP contribution is 2.26. The van der Waals surface area contributed by atoms with E-state index in [2.05, 4.69) is 20.7 Å². The van der Waals surface area contributed by atoms with Crippen molar-refractivity contribution in [1.82, 2.24) is 25.4 Å². The highest BCUT2D eigenvalue weighted by molar-refractivity contribution is 5.80. The third kappa shape index (κ3) is 7.63. The van der Waals surface area contributed by atoms with Crippen LogP contribution in [0.2, 0.25) is 0 Å². The van der Waals surface area contributed by atoms with E-state index >= 15 is 0 Å². The Morgan fingerprint density at radius 3 is 2.70 bits per heavy atom. The maximum absolute atomic E-state index is 12.3. The van der Waals surface area contributed by atoms with Gasteiger partial charge >= 0.3 is 0 Å². The Morgan fingerprint density at radius 1 is 1.23 bits per heavy atom. The summed E-state index contributed by atoms with van der Waals surface area (Å²) in [5, 5.41) is 26.8. The van der Waals surface area contributed by atoms with Crippen LogP contribution in [-0.4, -0.2) is 62.0 Å². The number of carbonyl (C=O) groups excluding carboxylic acids is 2. The third-order valence-electron chi connectivity index (χ3n) is 4.75. The Bertz CT molecular complexity index is 784. The largest absolute Gasteiger partial charge is 0.483 e. The topological polar surface area (TPSA) is 146 Å². The molecular weight excluding hydrogens is 390 g/mol. The van der Waals surface area contributed by atoms with Crippen molar-refractivity contribution in [3.63, 3.8) is 0 Å². The van der Waals surface area contributed by atoms with Crippen LogP contribution in [-0.2, 0) is 27.3 Å². The number of nitrogens with zero attached hydrogens (tertiary/aromatic N) is 3. The van der Waals surface area contributed by atoms with Gasteiger partial charge in [-0.2, -0.15) is 5.10 Å². The Balaban J connectivity index is 0.00000101. The van der Waals surface area contributed by atoms with Gasteiger partial charge in [0.25, 0.3) is 6.47 Å². The van der Waals surface area contributed by atoms with Crippen LogP contribution in [0.25, 0.3) is 0 Å². The number of aryl methyl sites for hydroxylation is 1. The molecule has 1 aliphatic carbocycles. The Morgan fingerprint density at radius 2 is 2.03 bits per heavy atom. The maximum atomic E-state index is 12.3. The molecule has 0 bridgehead atoms. The summed E-state index contributed by atoms with van der Waals surface area (Å²) < 4.78 is 1.52. The zero-order chi connectivity index (χ0) is 21.8. The molecule has 0 saturated heterocycles. The Hall–Kier alpha value is -3.27. The predicted molar refractivity (Wildman–Crippen MR) is 107 cm³/mol. The smallest absolute Gasteiger partial charge is 0.290 e. The molecule has 3 atom stereocenters. The SMILES string of the molecule is O=C(Cn1cccn1)N[C@H]1C[C@H](C(=O)NCCCc2ccccn2)C[C@@H]1O.O=CO. The first-order valence-corrected chi connectivity index (χ1v) is 9.73. The number of nitrogens with one attached hydrogen (secondary N) is 2. The monoisotopic (exact) mass is 417 g/mol. The Labute approximate surface area is 174 Å². The molecule has 2 heterocycles. The second-order valence-electron chi connectivity index (χ2n) is 6.93. The van der Waals surface area contributed by atoms with Crippen molar-refractivity contribution >= 4 is 18.3 Å². The van der Waals surface area contributed by atoms with E-state index in [1.165, 1.54) is 4.68 Å². The molecule has 0 spiro atoms. The number of hydrogen-bond acceptors (Lipinski definition) is 6. The molecule has 0 unspecified atom stereocenters. The number of amides is 2. The molecule has 0 aliphatic heterocycles. The predicted octanol–water partition coefficient (Wildman–Crippen LogP) is -0.0164. The van der Waals surface area contributed by atoms with Gasteiger partial charge < -0.3 is 20.8 Å². The molecule has 0 aromatic carbocycles. The number of aliphatic hydroxyl groups excluding tert-OH is 1. The van der Waals surface area contributed by atoms with E-state index in [9.17, 15) is 14.7 Å². The first-order valence-electron chi connectivity index (χ1n) is 9.73. The van der Waals surface area contributed by atoms with Crippen molar-refractivity contribution in [3.05, 3.63) is 48.5 Å². The van der Waals surface area contributed by atoms with E-state index in [-0.39, 0.29) is 30.7 Å². The third-order valence-corrected chi connectivity index (χ3v) is 4.75. The summed E-state index contributed by atoms with van der Waals surface area (Å²) in [6, 6.07) is 7.12. The van der Waals surface area contributed by atoms with Gasteiger partial charge in [0.15, 0.2) is 0 Å². The second kappa shape index (κ2) is 12.3. The number of carboxylic acid groups (broad SMARTS) is 1. The molecule has 10 nitrogen and oxygen atoms in total. The van der Waals surface area contributed by atoms with Crippen molar-refractivity contribution in [3.8, 4) is 0 Å². The second-order valence-corrected chi connectivity index (χ2v) is 6.93. The molecule has 1 aliphatic rings. The highest BCUT2D eigenvalue weighted by atomic mass is 16.3. The van der Waals surface area contributed by atoms with Crippen molar-refractivity contribution in [2.75, 3.05) is 6.54 Å². The summed E-state index contributed by atoms with van der Waals surface area (Å²) in [6.07, 6.45) is 6.77. The lowest BCUT2D eigenvalue weighted by Crippen LogP contribution is -2.41. The standard InChI is InChI=1S/C19H25N5O3.CH2O2/c25-17-12-14(11-16(17)23-18(26)13-24-10-4-9-22-24)19(27)21-8-3-6-15-5-1-2-7-20-15;2-1-3/h1-2,4-5,7,9-10,14,16-17,25H,3,6,8,11-13H2,(H,21,27)(H,23,26);1H,(H,2,3)/t14-,16-,17-;/m0./s1. The summed E-state index contributed by atoms with van der Waals surface area (Å²) in [5.74, 6) is -0.581. The summed E-state index contributed by atoms with van der Waals surface area (Å²) >= 11 is 0. The van der Waals surface area contributed by atoms with Crippen LogP contribution in [0.3, 0.4) is 0 Å². The first kappa shape index (κ1) is 23.0. The minimum absolute atomic E-state index is 0.0705. The zero-order valence-corrected chi connectivity index (χ0v) is 16.6. The molecule has 2 amide bonds. The van der Waals surface area contributed by atoms with Gasteiger partial charge in [-0.1, -0.05) is 6.07 Å². The van der Waals surface area contributed by atoms with Gasteiger partial charge in [-0.3, -0.25) is 24.0 Å². The molecule has 30 heavy (non-hydrogen) atoms. The Kier molecular flexibility index (Phi) is 9.46. The lowest BCUT2D eigenvalue weighted by Gasteiger charge is -2.16. The first-order chi connectivity index (χ1) is 14.5. The molecule has 2 aromatic heterocycles. The normalized spacial score (nSPS) is 20.0. The van der Waals surface area contributed by atoms with Gasteiger partial charge in [-0.05, 0) is 43.9 Å². The molecule has 1 fully saturated rings.